The maximum Gasteiger partial charge on any atom is 0.251 e. The Morgan fingerprint density at radius 3 is 2.60 bits per heavy atom. The molecule has 1 aliphatic heterocycles. The van der Waals surface area contributed by atoms with Crippen LogP contribution in [0.3, 0.4) is 0 Å². The number of hydrogen-bond donors (Lipinski definition) is 1. The highest BCUT2D eigenvalue weighted by molar-refractivity contribution is 5.94. The largest absolute Gasteiger partial charge is 0.379 e. The minimum absolute atomic E-state index is 0.0399. The van der Waals surface area contributed by atoms with Gasteiger partial charge in [0.15, 0.2) is 0 Å². The van der Waals surface area contributed by atoms with Crippen LogP contribution in [0.2, 0.25) is 0 Å². The second-order valence-corrected chi connectivity index (χ2v) is 6.27. The van der Waals surface area contributed by atoms with E-state index in [1.807, 2.05) is 44.2 Å². The first-order valence-electron chi connectivity index (χ1n) is 8.60. The van der Waals surface area contributed by atoms with Crippen LogP contribution < -0.4 is 5.32 Å². The summed E-state index contributed by atoms with van der Waals surface area (Å²) in [5.41, 5.74) is 3.30. The Kier molecular flexibility index (Phi) is 5.73. The molecule has 2 aromatic heterocycles. The predicted octanol–water partition coefficient (Wildman–Crippen LogP) is 1.90. The summed E-state index contributed by atoms with van der Waals surface area (Å²) in [6, 6.07) is 9.55. The third-order valence-electron chi connectivity index (χ3n) is 4.32. The number of nitrogens with zero attached hydrogens (tertiary/aromatic N) is 3. The highest BCUT2D eigenvalue weighted by Gasteiger charge is 2.24. The van der Waals surface area contributed by atoms with Gasteiger partial charge in [-0.1, -0.05) is 6.07 Å². The molecule has 1 amide bonds. The van der Waals surface area contributed by atoms with Crippen molar-refractivity contribution in [2.75, 3.05) is 32.8 Å². The predicted molar refractivity (Wildman–Crippen MR) is 95.4 cm³/mol. The minimum Gasteiger partial charge on any atom is -0.379 e. The van der Waals surface area contributed by atoms with Crippen molar-refractivity contribution in [2.24, 2.45) is 0 Å². The van der Waals surface area contributed by atoms with Crippen LogP contribution in [0, 0.1) is 13.8 Å². The van der Waals surface area contributed by atoms with Crippen molar-refractivity contribution in [1.29, 1.82) is 0 Å². The molecule has 3 heterocycles. The first kappa shape index (κ1) is 17.5. The van der Waals surface area contributed by atoms with Gasteiger partial charge in [-0.05, 0) is 38.1 Å². The van der Waals surface area contributed by atoms with E-state index in [2.05, 4.69) is 20.2 Å². The van der Waals surface area contributed by atoms with E-state index in [9.17, 15) is 4.79 Å². The molecule has 1 aliphatic rings. The highest BCUT2D eigenvalue weighted by atomic mass is 16.5. The van der Waals surface area contributed by atoms with Crippen molar-refractivity contribution in [3.05, 3.63) is 59.2 Å². The zero-order valence-corrected chi connectivity index (χ0v) is 14.7. The summed E-state index contributed by atoms with van der Waals surface area (Å²) in [6.45, 7) is 7.40. The van der Waals surface area contributed by atoms with E-state index in [0.717, 1.165) is 30.2 Å². The first-order chi connectivity index (χ1) is 12.1. The summed E-state index contributed by atoms with van der Waals surface area (Å²) < 4.78 is 5.45. The average molecular weight is 340 g/mol. The normalized spacial score (nSPS) is 16.4. The number of aryl methyl sites for hydroxylation is 2. The smallest absolute Gasteiger partial charge is 0.251 e. The zero-order valence-electron chi connectivity index (χ0n) is 14.7. The van der Waals surface area contributed by atoms with Crippen LogP contribution in [0.25, 0.3) is 0 Å². The lowest BCUT2D eigenvalue weighted by Crippen LogP contribution is -2.44. The number of aromatic nitrogens is 2. The lowest BCUT2D eigenvalue weighted by Gasteiger charge is -2.34. The summed E-state index contributed by atoms with van der Waals surface area (Å²) in [6.07, 6.45) is 1.79. The van der Waals surface area contributed by atoms with Gasteiger partial charge in [-0.25, -0.2) is 0 Å². The second-order valence-electron chi connectivity index (χ2n) is 6.27. The molecule has 0 aromatic carbocycles. The van der Waals surface area contributed by atoms with Gasteiger partial charge < -0.3 is 10.1 Å². The van der Waals surface area contributed by atoms with Gasteiger partial charge in [0.25, 0.3) is 5.91 Å². The molecule has 25 heavy (non-hydrogen) atoms. The van der Waals surface area contributed by atoms with Gasteiger partial charge in [0, 0.05) is 42.8 Å². The third-order valence-corrected chi connectivity index (χ3v) is 4.32. The van der Waals surface area contributed by atoms with Crippen LogP contribution in [-0.4, -0.2) is 53.6 Å². The Labute approximate surface area is 148 Å². The van der Waals surface area contributed by atoms with E-state index in [4.69, 9.17) is 4.74 Å². The molecule has 3 rings (SSSR count). The maximum absolute atomic E-state index is 12.6. The van der Waals surface area contributed by atoms with Gasteiger partial charge in [-0.15, -0.1) is 0 Å². The monoisotopic (exact) mass is 340 g/mol. The Balaban J connectivity index is 1.72. The van der Waals surface area contributed by atoms with E-state index < -0.39 is 0 Å². The number of ether oxygens (including phenoxy) is 1. The molecule has 0 saturated carbocycles. The van der Waals surface area contributed by atoms with Crippen molar-refractivity contribution >= 4 is 5.91 Å². The van der Waals surface area contributed by atoms with Gasteiger partial charge in [0.05, 0.1) is 24.9 Å². The van der Waals surface area contributed by atoms with E-state index in [1.165, 1.54) is 0 Å². The Hall–Kier alpha value is -2.31. The zero-order chi connectivity index (χ0) is 17.6. The van der Waals surface area contributed by atoms with Crippen molar-refractivity contribution < 1.29 is 9.53 Å². The average Bonchev–Trinajstić information content (AvgIpc) is 2.63. The van der Waals surface area contributed by atoms with Crippen LogP contribution in [0.4, 0.5) is 0 Å². The molecular formula is C19H24N4O2. The van der Waals surface area contributed by atoms with E-state index in [0.29, 0.717) is 25.3 Å². The number of carbonyl (C=O) groups excluding carboxylic acids is 1. The van der Waals surface area contributed by atoms with Crippen molar-refractivity contribution in [3.63, 3.8) is 0 Å². The molecule has 1 atom stereocenters. The Bertz CT molecular complexity index is 694. The van der Waals surface area contributed by atoms with Crippen LogP contribution in [0.15, 0.2) is 36.5 Å². The van der Waals surface area contributed by atoms with Crippen LogP contribution in [0.5, 0.6) is 0 Å². The van der Waals surface area contributed by atoms with Gasteiger partial charge in [-0.3, -0.25) is 19.7 Å². The molecule has 0 aliphatic carbocycles. The van der Waals surface area contributed by atoms with Gasteiger partial charge >= 0.3 is 0 Å². The number of carbonyl (C=O) groups is 1. The summed E-state index contributed by atoms with van der Waals surface area (Å²) in [5, 5.41) is 3.06. The van der Waals surface area contributed by atoms with E-state index >= 15 is 0 Å². The molecule has 132 valence electrons. The van der Waals surface area contributed by atoms with Gasteiger partial charge in [0.2, 0.25) is 0 Å². The van der Waals surface area contributed by atoms with Crippen molar-refractivity contribution in [2.45, 2.75) is 19.9 Å². The number of amides is 1. The summed E-state index contributed by atoms with van der Waals surface area (Å²) >= 11 is 0. The topological polar surface area (TPSA) is 67.4 Å². The second kappa shape index (κ2) is 8.18. The van der Waals surface area contributed by atoms with Crippen LogP contribution >= 0.6 is 0 Å². The van der Waals surface area contributed by atoms with Crippen LogP contribution in [-0.2, 0) is 4.74 Å². The lowest BCUT2D eigenvalue weighted by molar-refractivity contribution is 0.0154. The molecule has 0 unspecified atom stereocenters. The molecule has 6 nitrogen and oxygen atoms in total. The minimum atomic E-state index is -0.0807. The number of pyridine rings is 2. The number of nitrogens with one attached hydrogen (secondary N) is 1. The number of rotatable bonds is 5. The summed E-state index contributed by atoms with van der Waals surface area (Å²) in [4.78, 5) is 23.7. The molecule has 0 radical (unpaired) electrons. The molecule has 1 saturated heterocycles. The first-order valence-corrected chi connectivity index (χ1v) is 8.60. The quantitative estimate of drug-likeness (QED) is 0.900. The molecule has 1 fully saturated rings. The molecule has 1 N–H and O–H groups in total. The lowest BCUT2D eigenvalue weighted by atomic mass is 10.1. The number of morpholine rings is 1. The van der Waals surface area contributed by atoms with Gasteiger partial charge in [0.1, 0.15) is 0 Å². The third kappa shape index (κ3) is 4.61. The maximum atomic E-state index is 12.6. The Morgan fingerprint density at radius 1 is 1.24 bits per heavy atom. The fourth-order valence-electron chi connectivity index (χ4n) is 3.14. The molecule has 2 aromatic rings. The molecule has 0 bridgehead atoms. The summed E-state index contributed by atoms with van der Waals surface area (Å²) in [7, 11) is 0. The fraction of sp³-hybridized carbons (Fsp3) is 0.421. The van der Waals surface area contributed by atoms with Crippen LogP contribution in [0.1, 0.15) is 33.5 Å². The molecular weight excluding hydrogens is 316 g/mol. The highest BCUT2D eigenvalue weighted by Crippen LogP contribution is 2.19. The van der Waals surface area contributed by atoms with Crippen molar-refractivity contribution in [3.8, 4) is 0 Å². The number of hydrogen-bond acceptors (Lipinski definition) is 5. The summed E-state index contributed by atoms with van der Waals surface area (Å²) in [5.74, 6) is -0.0807. The molecule has 0 spiro atoms. The van der Waals surface area contributed by atoms with Gasteiger partial charge in [-0.2, -0.15) is 0 Å². The standard InChI is InChI=1S/C19H24N4O2/c1-14-11-16(12-15(2)22-14)19(24)21-13-18(17-5-3-4-6-20-17)23-7-9-25-10-8-23/h3-6,11-12,18H,7-10,13H2,1-2H3,(H,21,24)/t18-/m1/s1. The fourth-order valence-corrected chi connectivity index (χ4v) is 3.14. The molecule has 6 heteroatoms. The SMILES string of the molecule is Cc1cc(C(=O)NC[C@H](c2ccccn2)N2CCOCC2)cc(C)n1. The van der Waals surface area contributed by atoms with Crippen molar-refractivity contribution in [1.82, 2.24) is 20.2 Å². The Morgan fingerprint density at radius 2 is 1.96 bits per heavy atom. The van der Waals surface area contributed by atoms with E-state index in [-0.39, 0.29) is 11.9 Å². The van der Waals surface area contributed by atoms with E-state index in [1.54, 1.807) is 6.20 Å².